The van der Waals surface area contributed by atoms with Crippen LogP contribution in [-0.2, 0) is 0 Å². The molecule has 0 bridgehead atoms. The monoisotopic (exact) mass is 163 g/mol. The van der Waals surface area contributed by atoms with Crippen LogP contribution in [0.15, 0.2) is 12.5 Å². The highest BCUT2D eigenvalue weighted by atomic mass is 15.2. The van der Waals surface area contributed by atoms with Gasteiger partial charge < -0.3 is 9.88 Å². The van der Waals surface area contributed by atoms with E-state index in [-0.39, 0.29) is 0 Å². The van der Waals surface area contributed by atoms with Crippen LogP contribution in [0.1, 0.15) is 0 Å². The lowest BCUT2D eigenvalue weighted by atomic mass is 10.6. The molecule has 2 aromatic heterocycles. The summed E-state index contributed by atoms with van der Waals surface area (Å²) in [6.45, 7) is 0. The Balaban J connectivity index is 2.60. The summed E-state index contributed by atoms with van der Waals surface area (Å²) in [5, 5.41) is 0. The first kappa shape index (κ1) is 7.02. The lowest BCUT2D eigenvalue weighted by Crippen LogP contribution is -2.10. The maximum atomic E-state index is 4.28. The van der Waals surface area contributed by atoms with Crippen LogP contribution in [0.2, 0.25) is 0 Å². The molecule has 0 aromatic carbocycles. The van der Waals surface area contributed by atoms with Crippen LogP contribution in [-0.4, -0.2) is 34.0 Å². The largest absolute Gasteiger partial charge is 0.361 e. The van der Waals surface area contributed by atoms with Gasteiger partial charge >= 0.3 is 0 Å². The van der Waals surface area contributed by atoms with Crippen molar-refractivity contribution in [3.8, 4) is 0 Å². The first-order valence-corrected chi connectivity index (χ1v) is 3.61. The van der Waals surface area contributed by atoms with Gasteiger partial charge in [0.05, 0.1) is 12.5 Å². The van der Waals surface area contributed by atoms with E-state index in [2.05, 4.69) is 19.9 Å². The number of imidazole rings is 1. The molecule has 5 heteroatoms. The predicted molar refractivity (Wildman–Crippen MR) is 46.0 cm³/mol. The van der Waals surface area contributed by atoms with Gasteiger partial charge in [-0.2, -0.15) is 0 Å². The summed E-state index contributed by atoms with van der Waals surface area (Å²) in [6.07, 6.45) is 3.28. The molecule has 0 atom stereocenters. The topological polar surface area (TPSA) is 57.7 Å². The fourth-order valence-electron chi connectivity index (χ4n) is 0.935. The summed E-state index contributed by atoms with van der Waals surface area (Å²) in [7, 11) is 3.85. The minimum atomic E-state index is 0.653. The average molecular weight is 163 g/mol. The molecule has 62 valence electrons. The van der Waals surface area contributed by atoms with Gasteiger partial charge in [-0.05, 0) is 0 Å². The Morgan fingerprint density at radius 2 is 2.17 bits per heavy atom. The number of anilines is 1. The third kappa shape index (κ3) is 0.990. The summed E-state index contributed by atoms with van der Waals surface area (Å²) in [6, 6.07) is 0. The molecule has 0 radical (unpaired) electrons. The fraction of sp³-hybridized carbons (Fsp3) is 0.286. The summed E-state index contributed by atoms with van der Waals surface area (Å²) in [5.41, 5.74) is 1.38. The number of rotatable bonds is 1. The van der Waals surface area contributed by atoms with Crippen molar-refractivity contribution in [1.29, 1.82) is 0 Å². The second-order valence-corrected chi connectivity index (χ2v) is 2.70. The summed E-state index contributed by atoms with van der Waals surface area (Å²) in [5.74, 6) is 0.826. The van der Waals surface area contributed by atoms with E-state index in [0.29, 0.717) is 5.65 Å². The lowest BCUT2D eigenvalue weighted by Gasteiger charge is -2.08. The molecule has 0 aliphatic carbocycles. The zero-order valence-corrected chi connectivity index (χ0v) is 6.94. The van der Waals surface area contributed by atoms with Gasteiger partial charge in [-0.3, -0.25) is 0 Å². The molecule has 0 unspecified atom stereocenters. The standard InChI is InChI=1S/C7H9N5/c1-12(2)5-3-8-6-7(11-5)10-4-9-6/h3-4H,1-2H3,(H,8,9,10,11). The molecular weight excluding hydrogens is 154 g/mol. The number of nitrogens with zero attached hydrogens (tertiary/aromatic N) is 4. The summed E-state index contributed by atoms with van der Waals surface area (Å²) >= 11 is 0. The Bertz CT molecular complexity index is 391. The van der Waals surface area contributed by atoms with Gasteiger partial charge in [-0.25, -0.2) is 15.0 Å². The van der Waals surface area contributed by atoms with Gasteiger partial charge in [0.15, 0.2) is 11.3 Å². The molecule has 2 heterocycles. The van der Waals surface area contributed by atoms with Crippen LogP contribution in [0, 0.1) is 0 Å². The fourth-order valence-corrected chi connectivity index (χ4v) is 0.935. The van der Waals surface area contributed by atoms with Crippen LogP contribution in [0.25, 0.3) is 11.3 Å². The van der Waals surface area contributed by atoms with Crippen molar-refractivity contribution in [2.24, 2.45) is 0 Å². The van der Waals surface area contributed by atoms with Gasteiger partial charge in [0, 0.05) is 14.1 Å². The van der Waals surface area contributed by atoms with Crippen molar-refractivity contribution in [3.63, 3.8) is 0 Å². The van der Waals surface area contributed by atoms with Crippen LogP contribution >= 0.6 is 0 Å². The molecular formula is C7H9N5. The van der Waals surface area contributed by atoms with Crippen LogP contribution in [0.5, 0.6) is 0 Å². The Labute approximate surface area is 69.5 Å². The SMILES string of the molecule is CN(C)c1cnc2nc[nH]c2n1. The van der Waals surface area contributed by atoms with Crippen LogP contribution in [0.3, 0.4) is 0 Å². The Kier molecular flexibility index (Phi) is 1.43. The van der Waals surface area contributed by atoms with E-state index in [9.17, 15) is 0 Å². The maximum absolute atomic E-state index is 4.28. The van der Waals surface area contributed by atoms with Gasteiger partial charge in [0.1, 0.15) is 5.82 Å². The smallest absolute Gasteiger partial charge is 0.197 e. The predicted octanol–water partition coefficient (Wildman–Crippen LogP) is 0.419. The first-order valence-electron chi connectivity index (χ1n) is 3.61. The van der Waals surface area contributed by atoms with E-state index >= 15 is 0 Å². The van der Waals surface area contributed by atoms with E-state index in [4.69, 9.17) is 0 Å². The summed E-state index contributed by atoms with van der Waals surface area (Å²) in [4.78, 5) is 17.2. The van der Waals surface area contributed by atoms with E-state index in [1.165, 1.54) is 0 Å². The molecule has 2 rings (SSSR count). The van der Waals surface area contributed by atoms with Crippen LogP contribution < -0.4 is 4.90 Å². The van der Waals surface area contributed by atoms with Gasteiger partial charge in [0.2, 0.25) is 0 Å². The van der Waals surface area contributed by atoms with Crippen molar-refractivity contribution in [3.05, 3.63) is 12.5 Å². The number of hydrogen-bond donors (Lipinski definition) is 1. The highest BCUT2D eigenvalue weighted by Crippen LogP contribution is 2.08. The molecule has 0 fully saturated rings. The third-order valence-electron chi connectivity index (χ3n) is 1.59. The minimum Gasteiger partial charge on any atom is -0.361 e. The molecule has 12 heavy (non-hydrogen) atoms. The second-order valence-electron chi connectivity index (χ2n) is 2.70. The van der Waals surface area contributed by atoms with Gasteiger partial charge in [-0.15, -0.1) is 0 Å². The summed E-state index contributed by atoms with van der Waals surface area (Å²) < 4.78 is 0. The highest BCUT2D eigenvalue weighted by Gasteiger charge is 2.01. The number of hydrogen-bond acceptors (Lipinski definition) is 4. The zero-order chi connectivity index (χ0) is 8.55. The molecule has 0 saturated heterocycles. The minimum absolute atomic E-state index is 0.653. The molecule has 5 nitrogen and oxygen atoms in total. The van der Waals surface area contributed by atoms with E-state index < -0.39 is 0 Å². The quantitative estimate of drug-likeness (QED) is 0.661. The Hall–Kier alpha value is -1.65. The average Bonchev–Trinajstić information content (AvgIpc) is 2.49. The normalized spacial score (nSPS) is 10.5. The second kappa shape index (κ2) is 2.44. The molecule has 0 amide bonds. The van der Waals surface area contributed by atoms with Crippen molar-refractivity contribution < 1.29 is 0 Å². The van der Waals surface area contributed by atoms with E-state index in [0.717, 1.165) is 11.5 Å². The maximum Gasteiger partial charge on any atom is 0.197 e. The number of aromatic nitrogens is 4. The number of aromatic amines is 1. The van der Waals surface area contributed by atoms with Crippen LogP contribution in [0.4, 0.5) is 5.82 Å². The first-order chi connectivity index (χ1) is 5.77. The molecule has 0 spiro atoms. The van der Waals surface area contributed by atoms with E-state index in [1.54, 1.807) is 12.5 Å². The van der Waals surface area contributed by atoms with Crippen molar-refractivity contribution in [1.82, 2.24) is 19.9 Å². The molecule has 2 aromatic rings. The molecule has 1 N–H and O–H groups in total. The highest BCUT2D eigenvalue weighted by molar-refractivity contribution is 5.66. The lowest BCUT2D eigenvalue weighted by molar-refractivity contribution is 1.06. The molecule has 0 saturated carbocycles. The van der Waals surface area contributed by atoms with Crippen molar-refractivity contribution in [2.75, 3.05) is 19.0 Å². The number of nitrogens with one attached hydrogen (secondary N) is 1. The molecule has 0 aliphatic rings. The third-order valence-corrected chi connectivity index (χ3v) is 1.59. The Morgan fingerprint density at radius 1 is 1.33 bits per heavy atom. The Morgan fingerprint density at radius 3 is 2.92 bits per heavy atom. The number of H-pyrrole nitrogens is 1. The van der Waals surface area contributed by atoms with Gasteiger partial charge in [0.25, 0.3) is 0 Å². The van der Waals surface area contributed by atoms with E-state index in [1.807, 2.05) is 19.0 Å². The van der Waals surface area contributed by atoms with Crippen molar-refractivity contribution in [2.45, 2.75) is 0 Å². The zero-order valence-electron chi connectivity index (χ0n) is 6.94. The molecule has 0 aliphatic heterocycles. The van der Waals surface area contributed by atoms with Gasteiger partial charge in [-0.1, -0.05) is 0 Å². The number of fused-ring (bicyclic) bond motifs is 1. The van der Waals surface area contributed by atoms with Crippen molar-refractivity contribution >= 4 is 17.1 Å².